The van der Waals surface area contributed by atoms with E-state index in [1.165, 1.54) is 0 Å². The molecule has 22 N–H and O–H groups in total. The van der Waals surface area contributed by atoms with Gasteiger partial charge in [-0.3, -0.25) is 0 Å². The summed E-state index contributed by atoms with van der Waals surface area (Å²) >= 11 is 0. The Morgan fingerprint density at radius 1 is 0.208 bits per heavy atom. The van der Waals surface area contributed by atoms with Crippen molar-refractivity contribution in [3.05, 3.63) is 158 Å². The zero-order valence-electron chi connectivity index (χ0n) is 71.9. The highest BCUT2D eigenvalue weighted by Crippen LogP contribution is 2.49. The third-order valence-corrected chi connectivity index (χ3v) is 25.6. The molecule has 0 radical (unpaired) electrons. The first-order valence-electron chi connectivity index (χ1n) is 42.9. The van der Waals surface area contributed by atoms with Gasteiger partial charge < -0.3 is 183 Å². The highest BCUT2D eigenvalue weighted by Gasteiger charge is 2.61. The molecular formula is C86H79F19N4O35. The fourth-order valence-electron chi connectivity index (χ4n) is 18.3. The van der Waals surface area contributed by atoms with Crippen LogP contribution >= 0.6 is 0 Å². The van der Waals surface area contributed by atoms with Gasteiger partial charge in [0.25, 0.3) is 0 Å². The number of aliphatic hydroxyl groups excluding tert-OH is 20. The Morgan fingerprint density at radius 2 is 0.368 bits per heavy atom. The van der Waals surface area contributed by atoms with Gasteiger partial charge in [0.15, 0.2) is 131 Å². The number of nitrogens with one attached hydrogen (secondary N) is 2. The second-order valence-electron chi connectivity index (χ2n) is 34.1. The molecule has 26 heterocycles. The Hall–Kier alpha value is -9.41. The van der Waals surface area contributed by atoms with Gasteiger partial charge in [0.2, 0.25) is 29.1 Å². The molecule has 21 saturated heterocycles. The van der Waals surface area contributed by atoms with Gasteiger partial charge >= 0.3 is 0 Å². The minimum atomic E-state index is -2.86. The third kappa shape index (κ3) is 18.2. The van der Waals surface area contributed by atoms with E-state index in [2.05, 4.69) is 19.9 Å². The van der Waals surface area contributed by atoms with Gasteiger partial charge in [-0.1, -0.05) is 0 Å². The lowest BCUT2D eigenvalue weighted by atomic mass is 9.95. The van der Waals surface area contributed by atoms with E-state index in [-0.39, 0.29) is 0 Å². The maximum absolute atomic E-state index is 18.1. The monoisotopic (exact) mass is 2090 g/mol. The van der Waals surface area contributed by atoms with Gasteiger partial charge in [-0.25, -0.2) is 84.6 Å². The van der Waals surface area contributed by atoms with E-state index < -0.39 is 467 Å². The van der Waals surface area contributed by atoms with Crippen LogP contribution in [0.4, 0.5) is 83.4 Å². The van der Waals surface area contributed by atoms with E-state index in [1.807, 2.05) is 0 Å². The molecule has 0 unspecified atom stereocenters. The molecule has 22 bridgehead atoms. The number of H-pyrrole nitrogens is 2. The Morgan fingerprint density at radius 3 is 0.549 bits per heavy atom. The number of halogens is 19. The van der Waals surface area contributed by atoms with Gasteiger partial charge in [0.1, 0.15) is 178 Å². The quantitative estimate of drug-likeness (QED) is 0.0379. The highest BCUT2D eigenvalue weighted by atomic mass is 19.2. The standard InChI is InChI=1S/C86H79F19N4O35/c87-39-35(40(88)48(96)53(101)47(39)95)31-16-1-3-18(106-16)32(36-41(89)49(97)54(102)50(98)42(36)90)20-5-7-22(108-20)34(23-8-6-21(109-23)33(19-4-2-17(31)107-19)37-43(91)51(99)55(103)52(100)44(37)92)38-45(93)56(104)79(57(105)46(38)94)130-15-30-78-64(122)71(129)86(137-30)143-77-29(14-115)135-84(69(127)62(77)120)141-75-27(12-113)133-82(67(125)60(75)118)139-73-25(10-111)131-80(65(123)58(73)116)138-72-24(9-110)132-81(66(124)59(72)117)140-74-26(11-112)134-83(68(126)61(74)119)142-76-28(13-114)136-85(144-78)70(128)63(76)121/h1-8,24-30,58-78,80-86,106,109-129H,9-15H2/t24-,25-,26-,27-,28-,29-,30-,58-,59-,60-,61-,62-,63-,64-,65-,66-,67-,68-,69-,70-,71-,72-,73-,74-,75-,76-,77-,78-,80-,81-,82-,83-,84-,85-,86-/m1/s1. The number of fused-ring (bicyclic) bond motifs is 8. The molecule has 0 aliphatic carbocycles. The lowest BCUT2D eigenvalue weighted by Gasteiger charge is -2.50. The minimum absolute atomic E-state index is 0.470. The van der Waals surface area contributed by atoms with Gasteiger partial charge in [-0.15, -0.1) is 0 Å². The average molecular weight is 2090 g/mol. The van der Waals surface area contributed by atoms with Crippen molar-refractivity contribution in [3.8, 4) is 50.3 Å². The fraction of sp³-hybridized carbons (Fsp3) is 0.488. The molecule has 21 fully saturated rings. The van der Waals surface area contributed by atoms with Crippen LogP contribution in [0.3, 0.4) is 0 Å². The highest BCUT2D eigenvalue weighted by molar-refractivity contribution is 6.00. The molecular weight excluding hydrogens is 2010 g/mol. The van der Waals surface area contributed by atoms with E-state index in [0.717, 1.165) is 0 Å². The summed E-state index contributed by atoms with van der Waals surface area (Å²) in [5.41, 5.74) is -23.4. The van der Waals surface area contributed by atoms with Crippen molar-refractivity contribution in [2.24, 2.45) is 0 Å². The first-order valence-corrected chi connectivity index (χ1v) is 42.9. The smallest absolute Gasteiger partial charge is 0.204 e. The van der Waals surface area contributed by atoms with Crippen molar-refractivity contribution in [2.45, 2.75) is 215 Å². The summed E-state index contributed by atoms with van der Waals surface area (Å²) in [6.07, 6.45) is -81.2. The Kier molecular flexibility index (Phi) is 30.6. The zero-order valence-corrected chi connectivity index (χ0v) is 71.9. The number of nitrogens with zero attached hydrogens (tertiary/aromatic N) is 2. The molecule has 144 heavy (non-hydrogen) atoms. The maximum Gasteiger partial charge on any atom is 0.204 e. The minimum Gasteiger partial charge on any atom is -0.485 e. The number of aromatic amines is 2. The SMILES string of the molecule is OC[C@H]1O[C@@H]2O[C@H]3[C@H](O)[C@@H](O)[C@@H](O[C@H]4[C@H](O)[C@@H](O)[C@@H](O[C@H]5[C@H](O)[C@@H](O)[C@@H](O[C@H]6[C@H](O)[C@@H](O)[C@@H](O[C@H]7[C@H](O)[C@@H](O)[C@@H](O[C@H]8[C@H](O)[C@@H](O)[C@@H](O[C@H]1[C@H](O)[C@H]2O)O[C@@H]8CO)O[C@@H]7CO)O[C@@H]6CO)O[C@@H]5COc1c(F)c(F)c(-c2c5nc(c(-c6c(F)c(F)c(F)c(F)c6F)c6ccc([nH]6)c(-c6c(F)c(F)c(F)c(F)c6F)c6nc(c(-c7c(F)c(F)c(F)c(F)c7F)c7ccc2[nH]7)C=C6)C=C5)c(F)c1F)O[C@@H]4CO)O[C@@H]3CO. The molecule has 3 aromatic heterocycles. The van der Waals surface area contributed by atoms with Gasteiger partial charge in [0.05, 0.1) is 84.7 Å². The van der Waals surface area contributed by atoms with Crippen molar-refractivity contribution >= 4 is 46.4 Å². The number of rotatable bonds is 13. The van der Waals surface area contributed by atoms with E-state index in [0.29, 0.717) is 48.6 Å². The molecule has 58 heteroatoms. The number of ether oxygens (including phenoxy) is 15. The Balaban J connectivity index is 0.771. The summed E-state index contributed by atoms with van der Waals surface area (Å²) in [5, 5.41) is 228. The first kappa shape index (κ1) is 106. The Labute approximate surface area is 789 Å². The molecule has 35 atom stereocenters. The molecule has 0 amide bonds. The summed E-state index contributed by atoms with van der Waals surface area (Å²) in [7, 11) is 0. The molecule has 4 aromatic carbocycles. The van der Waals surface area contributed by atoms with E-state index in [9.17, 15) is 115 Å². The number of hydrogen-bond donors (Lipinski definition) is 22. The second kappa shape index (κ2) is 41.6. The van der Waals surface area contributed by atoms with E-state index in [1.54, 1.807) is 0 Å². The fourth-order valence-corrected chi connectivity index (χ4v) is 18.3. The molecule has 23 aliphatic rings. The summed E-state index contributed by atoms with van der Waals surface area (Å²) in [5.74, 6) is -54.9. The van der Waals surface area contributed by atoms with Crippen LogP contribution in [0, 0.1) is 111 Å². The molecule has 39 nitrogen and oxygen atoms in total. The van der Waals surface area contributed by atoms with Crippen LogP contribution in [0.2, 0.25) is 0 Å². The maximum atomic E-state index is 18.1. The number of aliphatic hydroxyl groups is 20. The average Bonchev–Trinajstić information content (AvgIpc) is 1.58. The van der Waals surface area contributed by atoms with Crippen molar-refractivity contribution in [1.29, 1.82) is 0 Å². The van der Waals surface area contributed by atoms with Gasteiger partial charge in [-0.05, 0) is 48.6 Å². The number of benzene rings is 4. The zero-order chi connectivity index (χ0) is 104. The van der Waals surface area contributed by atoms with Crippen LogP contribution in [0.5, 0.6) is 5.75 Å². The molecule has 30 rings (SSSR count). The van der Waals surface area contributed by atoms with Crippen molar-refractivity contribution in [1.82, 2.24) is 19.9 Å². The molecule has 7 aromatic rings. The predicted octanol–water partition coefficient (Wildman–Crippen LogP) is -0.864. The van der Waals surface area contributed by atoms with Crippen LogP contribution in [-0.4, -0.2) is 383 Å². The predicted molar refractivity (Wildman–Crippen MR) is 427 cm³/mol. The lowest BCUT2D eigenvalue weighted by molar-refractivity contribution is -0.396. The van der Waals surface area contributed by atoms with Gasteiger partial charge in [-0.2, -0.15) is 8.78 Å². The normalized spacial score (nSPS) is 35.4. The Bertz CT molecular complexity index is 6090. The van der Waals surface area contributed by atoms with Crippen molar-refractivity contribution in [2.75, 3.05) is 46.2 Å². The molecule has 786 valence electrons. The topological polar surface area (TPSA) is 600 Å². The van der Waals surface area contributed by atoms with Crippen LogP contribution in [-0.2, 0) is 66.3 Å². The van der Waals surface area contributed by atoms with E-state index in [4.69, 9.17) is 71.1 Å². The summed E-state index contributed by atoms with van der Waals surface area (Å²) in [4.78, 5) is 12.5. The molecule has 23 aliphatic heterocycles. The van der Waals surface area contributed by atoms with Crippen LogP contribution in [0.15, 0.2) is 24.3 Å². The van der Waals surface area contributed by atoms with Crippen molar-refractivity contribution in [3.63, 3.8) is 0 Å². The largest absolute Gasteiger partial charge is 0.485 e. The third-order valence-electron chi connectivity index (χ3n) is 25.6. The summed E-state index contributed by atoms with van der Waals surface area (Å²) in [6, 6.07) is 2.06. The summed E-state index contributed by atoms with van der Waals surface area (Å²) in [6.45, 7) is -9.65. The lowest BCUT2D eigenvalue weighted by Crippen LogP contribution is -2.68. The van der Waals surface area contributed by atoms with E-state index >= 15 is 70.2 Å². The second-order valence-corrected chi connectivity index (χ2v) is 34.1. The number of hydrogen-bond acceptors (Lipinski definition) is 37. The van der Waals surface area contributed by atoms with Crippen molar-refractivity contribution < 1.29 is 257 Å². The van der Waals surface area contributed by atoms with Gasteiger partial charge in [0, 0.05) is 44.3 Å². The molecule has 0 spiro atoms. The summed E-state index contributed by atoms with van der Waals surface area (Å²) < 4.78 is 395. The first-order chi connectivity index (χ1) is 68.4. The van der Waals surface area contributed by atoms with Crippen LogP contribution < -0.4 is 4.74 Å². The molecule has 0 saturated carbocycles. The van der Waals surface area contributed by atoms with Crippen LogP contribution in [0.25, 0.3) is 90.9 Å². The number of aromatic nitrogens is 4. The van der Waals surface area contributed by atoms with Crippen LogP contribution in [0.1, 0.15) is 22.8 Å².